The van der Waals surface area contributed by atoms with Crippen LogP contribution >= 0.6 is 0 Å². The van der Waals surface area contributed by atoms with Crippen LogP contribution in [0.5, 0.6) is 0 Å². The Morgan fingerprint density at radius 3 is 2.82 bits per heavy atom. The minimum Gasteiger partial charge on any atom is -0.396 e. The summed E-state index contributed by atoms with van der Waals surface area (Å²) in [6.45, 7) is 1.97. The zero-order valence-electron chi connectivity index (χ0n) is 9.73. The topological polar surface area (TPSA) is 79.7 Å². The number of nitrogen functional groups attached to an aromatic ring is 1. The van der Waals surface area contributed by atoms with E-state index in [4.69, 9.17) is 11.0 Å². The van der Waals surface area contributed by atoms with Gasteiger partial charge in [-0.15, -0.1) is 0 Å². The molecule has 0 bridgehead atoms. The van der Waals surface area contributed by atoms with Crippen LogP contribution in [-0.2, 0) is 7.05 Å². The number of anilines is 3. The molecule has 0 saturated heterocycles. The van der Waals surface area contributed by atoms with Crippen molar-refractivity contribution in [3.05, 3.63) is 35.5 Å². The summed E-state index contributed by atoms with van der Waals surface area (Å²) >= 11 is 0. The molecule has 2 aromatic rings. The van der Waals surface area contributed by atoms with Crippen LogP contribution in [0.25, 0.3) is 0 Å². The molecule has 0 spiro atoms. The Kier molecular flexibility index (Phi) is 2.71. The van der Waals surface area contributed by atoms with Crippen molar-refractivity contribution in [2.75, 3.05) is 11.1 Å². The molecule has 0 aliphatic carbocycles. The molecule has 5 heteroatoms. The second-order valence-electron chi connectivity index (χ2n) is 3.80. The zero-order chi connectivity index (χ0) is 12.4. The summed E-state index contributed by atoms with van der Waals surface area (Å²) in [6, 6.07) is 9.25. The van der Waals surface area contributed by atoms with Gasteiger partial charge >= 0.3 is 0 Å². The lowest BCUT2D eigenvalue weighted by Crippen LogP contribution is -1.99. The molecule has 0 unspecified atom stereocenters. The Morgan fingerprint density at radius 2 is 2.24 bits per heavy atom. The lowest BCUT2D eigenvalue weighted by atomic mass is 10.1. The molecule has 0 atom stereocenters. The molecule has 86 valence electrons. The van der Waals surface area contributed by atoms with Gasteiger partial charge in [-0.05, 0) is 19.1 Å². The van der Waals surface area contributed by atoms with E-state index in [2.05, 4.69) is 10.4 Å². The molecule has 0 radical (unpaired) electrons. The van der Waals surface area contributed by atoms with Crippen molar-refractivity contribution in [2.45, 2.75) is 6.92 Å². The highest BCUT2D eigenvalue weighted by molar-refractivity contribution is 5.76. The lowest BCUT2D eigenvalue weighted by Gasteiger charge is -2.07. The first kappa shape index (κ1) is 11.0. The number of rotatable bonds is 2. The normalized spacial score (nSPS) is 9.94. The standard InChI is InChI=1S/C12H13N5/c1-8-6-11(16-17(8)2)15-10-5-3-4-9(7-13)12(10)14/h3-6H,14H2,1-2H3,(H,15,16). The number of aryl methyl sites for hydroxylation is 2. The van der Waals surface area contributed by atoms with E-state index in [1.54, 1.807) is 16.8 Å². The third-order valence-corrected chi connectivity index (χ3v) is 2.60. The molecule has 3 N–H and O–H groups in total. The second kappa shape index (κ2) is 4.18. The van der Waals surface area contributed by atoms with Crippen molar-refractivity contribution in [3.63, 3.8) is 0 Å². The number of aromatic nitrogens is 2. The number of hydrogen-bond acceptors (Lipinski definition) is 4. The van der Waals surface area contributed by atoms with Gasteiger partial charge in [-0.1, -0.05) is 6.07 Å². The fourth-order valence-electron chi connectivity index (χ4n) is 1.53. The van der Waals surface area contributed by atoms with Crippen molar-refractivity contribution < 1.29 is 0 Å². The molecule has 0 aliphatic heterocycles. The highest BCUT2D eigenvalue weighted by atomic mass is 15.3. The van der Waals surface area contributed by atoms with Crippen LogP contribution in [0.2, 0.25) is 0 Å². The summed E-state index contributed by atoms with van der Waals surface area (Å²) in [7, 11) is 1.87. The summed E-state index contributed by atoms with van der Waals surface area (Å²) in [4.78, 5) is 0. The molecule has 0 fully saturated rings. The molecule has 0 aliphatic rings. The fourth-order valence-corrected chi connectivity index (χ4v) is 1.53. The van der Waals surface area contributed by atoms with Gasteiger partial charge in [0.2, 0.25) is 0 Å². The van der Waals surface area contributed by atoms with E-state index in [-0.39, 0.29) is 0 Å². The van der Waals surface area contributed by atoms with Crippen LogP contribution in [0.4, 0.5) is 17.2 Å². The second-order valence-corrected chi connectivity index (χ2v) is 3.80. The number of hydrogen-bond donors (Lipinski definition) is 2. The Bertz CT molecular complexity index is 572. The average Bonchev–Trinajstić information content (AvgIpc) is 2.61. The van der Waals surface area contributed by atoms with E-state index in [1.165, 1.54) is 0 Å². The zero-order valence-corrected chi connectivity index (χ0v) is 9.73. The van der Waals surface area contributed by atoms with Crippen molar-refractivity contribution >= 4 is 17.2 Å². The van der Waals surface area contributed by atoms with E-state index >= 15 is 0 Å². The van der Waals surface area contributed by atoms with Crippen LogP contribution in [0.15, 0.2) is 24.3 Å². The van der Waals surface area contributed by atoms with E-state index in [9.17, 15) is 0 Å². The minimum atomic E-state index is 0.443. The number of nitrogens with zero attached hydrogens (tertiary/aromatic N) is 3. The van der Waals surface area contributed by atoms with Gasteiger partial charge in [0.1, 0.15) is 6.07 Å². The van der Waals surface area contributed by atoms with Crippen molar-refractivity contribution in [1.82, 2.24) is 9.78 Å². The summed E-state index contributed by atoms with van der Waals surface area (Å²) < 4.78 is 1.77. The quantitative estimate of drug-likeness (QED) is 0.768. The average molecular weight is 227 g/mol. The smallest absolute Gasteiger partial charge is 0.152 e. The first-order chi connectivity index (χ1) is 8.11. The predicted molar refractivity (Wildman–Crippen MR) is 66.8 cm³/mol. The van der Waals surface area contributed by atoms with Crippen molar-refractivity contribution in [3.8, 4) is 6.07 Å². The van der Waals surface area contributed by atoms with Gasteiger partial charge in [0, 0.05) is 18.8 Å². The Balaban J connectivity index is 2.34. The SMILES string of the molecule is Cc1cc(Nc2cccc(C#N)c2N)nn1C. The third kappa shape index (κ3) is 2.06. The van der Waals surface area contributed by atoms with Gasteiger partial charge in [-0.2, -0.15) is 10.4 Å². The van der Waals surface area contributed by atoms with Crippen LogP contribution in [0.1, 0.15) is 11.3 Å². The maximum atomic E-state index is 8.88. The van der Waals surface area contributed by atoms with Gasteiger partial charge < -0.3 is 11.1 Å². The molecule has 2 rings (SSSR count). The highest BCUT2D eigenvalue weighted by Crippen LogP contribution is 2.25. The first-order valence-corrected chi connectivity index (χ1v) is 5.18. The van der Waals surface area contributed by atoms with Crippen molar-refractivity contribution in [2.24, 2.45) is 7.05 Å². The van der Waals surface area contributed by atoms with Gasteiger partial charge in [0.25, 0.3) is 0 Å². The van der Waals surface area contributed by atoms with Crippen LogP contribution in [-0.4, -0.2) is 9.78 Å². The molecule has 1 aromatic heterocycles. The fraction of sp³-hybridized carbons (Fsp3) is 0.167. The van der Waals surface area contributed by atoms with E-state index in [1.807, 2.05) is 32.2 Å². The van der Waals surface area contributed by atoms with Gasteiger partial charge in [0.15, 0.2) is 5.82 Å². The molecule has 1 heterocycles. The Morgan fingerprint density at radius 1 is 1.47 bits per heavy atom. The number of para-hydroxylation sites is 1. The van der Waals surface area contributed by atoms with Crippen LogP contribution in [0.3, 0.4) is 0 Å². The largest absolute Gasteiger partial charge is 0.396 e. The molecule has 1 aromatic carbocycles. The first-order valence-electron chi connectivity index (χ1n) is 5.18. The Labute approximate surface area is 99.5 Å². The molecule has 17 heavy (non-hydrogen) atoms. The van der Waals surface area contributed by atoms with Gasteiger partial charge in [-0.25, -0.2) is 0 Å². The maximum Gasteiger partial charge on any atom is 0.152 e. The Hall–Kier alpha value is -2.48. The molecular formula is C12H13N5. The number of nitrogens with one attached hydrogen (secondary N) is 1. The minimum absolute atomic E-state index is 0.443. The highest BCUT2D eigenvalue weighted by Gasteiger charge is 2.06. The molecule has 0 saturated carbocycles. The molecule has 5 nitrogen and oxygen atoms in total. The van der Waals surface area contributed by atoms with E-state index < -0.39 is 0 Å². The van der Waals surface area contributed by atoms with Gasteiger partial charge in [0.05, 0.1) is 16.9 Å². The number of nitrogens with two attached hydrogens (primary N) is 1. The predicted octanol–water partition coefficient (Wildman–Crippen LogP) is 1.93. The number of nitriles is 1. The van der Waals surface area contributed by atoms with E-state index in [0.29, 0.717) is 22.8 Å². The van der Waals surface area contributed by atoms with Crippen molar-refractivity contribution in [1.29, 1.82) is 5.26 Å². The third-order valence-electron chi connectivity index (χ3n) is 2.60. The molecular weight excluding hydrogens is 214 g/mol. The van der Waals surface area contributed by atoms with Gasteiger partial charge in [-0.3, -0.25) is 4.68 Å². The van der Waals surface area contributed by atoms with Crippen LogP contribution < -0.4 is 11.1 Å². The molecule has 0 amide bonds. The summed E-state index contributed by atoms with van der Waals surface area (Å²) in [5, 5.41) is 16.2. The lowest BCUT2D eigenvalue weighted by molar-refractivity contribution is 0.743. The van der Waals surface area contributed by atoms with Crippen LogP contribution in [0, 0.1) is 18.3 Å². The summed E-state index contributed by atoms with van der Waals surface area (Å²) in [5.41, 5.74) is 8.51. The number of benzene rings is 1. The summed E-state index contributed by atoms with van der Waals surface area (Å²) in [6.07, 6.45) is 0. The van der Waals surface area contributed by atoms with E-state index in [0.717, 1.165) is 5.69 Å². The summed E-state index contributed by atoms with van der Waals surface area (Å²) in [5.74, 6) is 0.715. The monoisotopic (exact) mass is 227 g/mol. The maximum absolute atomic E-state index is 8.88.